The molecule has 2 nitrogen and oxygen atoms in total. The Bertz CT molecular complexity index is 779. The summed E-state index contributed by atoms with van der Waals surface area (Å²) in [7, 11) is 0. The molecule has 42 heavy (non-hydrogen) atoms. The van der Waals surface area contributed by atoms with Crippen LogP contribution in [0.2, 0.25) is 0 Å². The fourth-order valence-electron chi connectivity index (χ4n) is 9.32. The molecule has 0 spiro atoms. The highest BCUT2D eigenvalue weighted by molar-refractivity contribution is 5.23. The van der Waals surface area contributed by atoms with E-state index in [0.29, 0.717) is 5.92 Å². The van der Waals surface area contributed by atoms with Gasteiger partial charge in [-0.1, -0.05) is 144 Å². The highest BCUT2D eigenvalue weighted by Gasteiger charge is 2.40. The molecule has 0 aromatic rings. The summed E-state index contributed by atoms with van der Waals surface area (Å²) in [6.07, 6.45) is 22.8. The van der Waals surface area contributed by atoms with Crippen molar-refractivity contribution in [3.8, 4) is 0 Å². The van der Waals surface area contributed by atoms with Gasteiger partial charge < -0.3 is 10.2 Å². The van der Waals surface area contributed by atoms with Crippen LogP contribution in [0.4, 0.5) is 0 Å². The second-order valence-corrected chi connectivity index (χ2v) is 17.6. The van der Waals surface area contributed by atoms with Crippen molar-refractivity contribution in [1.29, 1.82) is 0 Å². The molecule has 0 bridgehead atoms. The molecule has 2 heteroatoms. The number of aliphatic hydroxyl groups is 2. The first kappa shape index (κ1) is 37.8. The van der Waals surface area contributed by atoms with Gasteiger partial charge in [-0.25, -0.2) is 0 Å². The molecule has 0 unspecified atom stereocenters. The summed E-state index contributed by atoms with van der Waals surface area (Å²) in [5.41, 5.74) is 3.54. The van der Waals surface area contributed by atoms with Crippen LogP contribution in [0.5, 0.6) is 0 Å². The van der Waals surface area contributed by atoms with Crippen LogP contribution in [0.3, 0.4) is 0 Å². The normalized spacial score (nSPS) is 28.9. The topological polar surface area (TPSA) is 40.5 Å². The molecule has 2 aliphatic carbocycles. The Hall–Kier alpha value is -0.340. The number of aliphatic hydroxyl groups excluding tert-OH is 2. The smallest absolute Gasteiger partial charge is 0.0585 e. The van der Waals surface area contributed by atoms with Gasteiger partial charge in [0.1, 0.15) is 0 Å². The first-order chi connectivity index (χ1) is 19.6. The van der Waals surface area contributed by atoms with E-state index >= 15 is 0 Å². The van der Waals surface area contributed by atoms with Crippen LogP contribution in [0.25, 0.3) is 0 Å². The maximum absolute atomic E-state index is 10.2. The molecule has 1 fully saturated rings. The van der Waals surface area contributed by atoms with Gasteiger partial charge in [0.05, 0.1) is 12.2 Å². The van der Waals surface area contributed by atoms with Gasteiger partial charge >= 0.3 is 0 Å². The molecule has 0 saturated heterocycles. The lowest BCUT2D eigenvalue weighted by molar-refractivity contribution is -0.0174. The average Bonchev–Trinajstić information content (AvgIpc) is 2.84. The van der Waals surface area contributed by atoms with Crippen LogP contribution < -0.4 is 0 Å². The first-order valence-electron chi connectivity index (χ1n) is 18.7. The molecular formula is C40H76O2. The van der Waals surface area contributed by atoms with Crippen molar-refractivity contribution >= 4 is 0 Å². The van der Waals surface area contributed by atoms with Crippen molar-refractivity contribution in [2.45, 2.75) is 197 Å². The lowest BCUT2D eigenvalue weighted by Crippen LogP contribution is -2.40. The summed E-state index contributed by atoms with van der Waals surface area (Å²) < 4.78 is 0. The first-order valence-corrected chi connectivity index (χ1v) is 18.7. The molecule has 2 N–H and O–H groups in total. The summed E-state index contributed by atoms with van der Waals surface area (Å²) in [5.74, 6) is 4.82. The number of hydrogen-bond donors (Lipinski definition) is 2. The van der Waals surface area contributed by atoms with Crippen molar-refractivity contribution < 1.29 is 10.2 Å². The van der Waals surface area contributed by atoms with E-state index in [2.05, 4.69) is 69.2 Å². The lowest BCUT2D eigenvalue weighted by atomic mass is 9.61. The van der Waals surface area contributed by atoms with Gasteiger partial charge in [-0.05, 0) is 98.2 Å². The SMILES string of the molecule is CC1=C(CC[C@H](C)CCC[C@@H](C)CCCC[C@H](C)CCC[C@@H](C)CC[C@@H]2[C@@H](C)C[C@@H](O)CC2(C)C)C(C)(C)C[C@H](O)C1. The Balaban J connectivity index is 1.49. The molecule has 0 aromatic heterocycles. The largest absolute Gasteiger partial charge is 0.393 e. The van der Waals surface area contributed by atoms with Gasteiger partial charge in [0.15, 0.2) is 0 Å². The van der Waals surface area contributed by atoms with Gasteiger partial charge in [0, 0.05) is 0 Å². The van der Waals surface area contributed by atoms with Gasteiger partial charge in [-0.2, -0.15) is 0 Å². The number of allylic oxidation sites excluding steroid dienone is 1. The van der Waals surface area contributed by atoms with Gasteiger partial charge in [0.2, 0.25) is 0 Å². The molecule has 2 aliphatic rings. The van der Waals surface area contributed by atoms with Crippen molar-refractivity contribution in [2.24, 2.45) is 46.3 Å². The summed E-state index contributed by atoms with van der Waals surface area (Å²) in [5, 5.41) is 20.4. The van der Waals surface area contributed by atoms with E-state index in [9.17, 15) is 10.2 Å². The fourth-order valence-corrected chi connectivity index (χ4v) is 9.32. The van der Waals surface area contributed by atoms with Gasteiger partial charge in [-0.15, -0.1) is 0 Å². The van der Waals surface area contributed by atoms with Crippen LogP contribution in [0.1, 0.15) is 185 Å². The van der Waals surface area contributed by atoms with Crippen molar-refractivity contribution in [3.05, 3.63) is 11.1 Å². The van der Waals surface area contributed by atoms with Crippen LogP contribution in [0.15, 0.2) is 11.1 Å². The number of rotatable bonds is 19. The second kappa shape index (κ2) is 18.0. The van der Waals surface area contributed by atoms with Crippen LogP contribution >= 0.6 is 0 Å². The quantitative estimate of drug-likeness (QED) is 0.116. The van der Waals surface area contributed by atoms with E-state index in [-0.39, 0.29) is 23.0 Å². The number of hydrogen-bond acceptors (Lipinski definition) is 2. The molecule has 2 rings (SSSR count). The van der Waals surface area contributed by atoms with Crippen LogP contribution in [-0.2, 0) is 0 Å². The fraction of sp³-hybridized carbons (Fsp3) is 0.950. The molecule has 0 aromatic carbocycles. The molecule has 248 valence electrons. The highest BCUT2D eigenvalue weighted by atomic mass is 16.3. The van der Waals surface area contributed by atoms with Crippen molar-refractivity contribution in [1.82, 2.24) is 0 Å². The summed E-state index contributed by atoms with van der Waals surface area (Å²) in [6.45, 7) is 24.0. The third kappa shape index (κ3) is 13.3. The van der Waals surface area contributed by atoms with E-state index in [1.165, 1.54) is 95.5 Å². The Labute approximate surface area is 264 Å². The zero-order valence-corrected chi connectivity index (χ0v) is 30.2. The van der Waals surface area contributed by atoms with E-state index in [1.54, 1.807) is 5.57 Å². The zero-order chi connectivity index (χ0) is 31.5. The molecule has 0 heterocycles. The maximum Gasteiger partial charge on any atom is 0.0585 e. The monoisotopic (exact) mass is 589 g/mol. The van der Waals surface area contributed by atoms with Crippen molar-refractivity contribution in [2.75, 3.05) is 0 Å². The van der Waals surface area contributed by atoms with Gasteiger partial charge in [0.25, 0.3) is 0 Å². The molecular weight excluding hydrogens is 512 g/mol. The average molecular weight is 589 g/mol. The third-order valence-electron chi connectivity index (χ3n) is 12.0. The minimum absolute atomic E-state index is 0.0861. The third-order valence-corrected chi connectivity index (χ3v) is 12.0. The summed E-state index contributed by atoms with van der Waals surface area (Å²) in [4.78, 5) is 0. The van der Waals surface area contributed by atoms with Crippen LogP contribution in [-0.4, -0.2) is 22.4 Å². The molecule has 0 amide bonds. The van der Waals surface area contributed by atoms with Crippen molar-refractivity contribution in [3.63, 3.8) is 0 Å². The predicted molar refractivity (Wildman–Crippen MR) is 185 cm³/mol. The van der Waals surface area contributed by atoms with Gasteiger partial charge in [-0.3, -0.25) is 0 Å². The standard InChI is InChI=1S/C40H76O2/c1-29(17-13-19-31(3)21-23-37-33(5)25-35(41)27-39(37,7)8)15-11-12-16-30(2)18-14-20-32(4)22-24-38-34(6)26-36(42)28-40(38,9)10/h29-33,35-37,41-42H,11-28H2,1-10H3/t29-,30-,31+,32+,33-,35+,36+,37+/m0/s1. The van der Waals surface area contributed by atoms with E-state index in [1.807, 2.05) is 0 Å². The minimum Gasteiger partial charge on any atom is -0.393 e. The molecule has 0 radical (unpaired) electrons. The lowest BCUT2D eigenvalue weighted by Gasteiger charge is -2.45. The highest BCUT2D eigenvalue weighted by Crippen LogP contribution is 2.47. The predicted octanol–water partition coefficient (Wildman–Crippen LogP) is 11.9. The van der Waals surface area contributed by atoms with E-state index in [4.69, 9.17) is 0 Å². The zero-order valence-electron chi connectivity index (χ0n) is 30.2. The minimum atomic E-state index is -0.143. The molecule has 0 aliphatic heterocycles. The van der Waals surface area contributed by atoms with Crippen LogP contribution in [0, 0.1) is 46.3 Å². The summed E-state index contributed by atoms with van der Waals surface area (Å²) >= 11 is 0. The Morgan fingerprint density at radius 3 is 1.64 bits per heavy atom. The molecule has 8 atom stereocenters. The second-order valence-electron chi connectivity index (χ2n) is 17.6. The Morgan fingerprint density at radius 1 is 0.667 bits per heavy atom. The molecule has 1 saturated carbocycles. The summed E-state index contributed by atoms with van der Waals surface area (Å²) in [6, 6.07) is 0. The Kier molecular flexibility index (Phi) is 16.2. The number of unbranched alkanes of at least 4 members (excludes halogenated alkanes) is 1. The van der Waals surface area contributed by atoms with E-state index < -0.39 is 0 Å². The van der Waals surface area contributed by atoms with E-state index in [0.717, 1.165) is 55.3 Å². The maximum atomic E-state index is 10.2. The Morgan fingerprint density at radius 2 is 1.14 bits per heavy atom.